The maximum absolute atomic E-state index is 13.9. The molecule has 0 aliphatic heterocycles. The summed E-state index contributed by atoms with van der Waals surface area (Å²) in [6.45, 7) is 2.76. The topological polar surface area (TPSA) is 92.8 Å². The predicted molar refractivity (Wildman–Crippen MR) is 147 cm³/mol. The van der Waals surface area contributed by atoms with Gasteiger partial charge in [-0.3, -0.25) is 18.5 Å². The number of aryl methyl sites for hydroxylation is 1. The lowest BCUT2D eigenvalue weighted by molar-refractivity contribution is -0.274. The quantitative estimate of drug-likeness (QED) is 0.256. The van der Waals surface area contributed by atoms with Gasteiger partial charge in [-0.05, 0) is 50.8 Å². The molecule has 2 aromatic heterocycles. The van der Waals surface area contributed by atoms with Crippen molar-refractivity contribution in [3.63, 3.8) is 0 Å². The molecular formula is C27H29ClF3N5O5. The number of nitrogens with zero attached hydrogens (tertiary/aromatic N) is 5. The number of likely N-dealkylation sites (N-methyl/N-ethyl adjacent to an activating group) is 1. The Morgan fingerprint density at radius 2 is 1.73 bits per heavy atom. The van der Waals surface area contributed by atoms with Gasteiger partial charge in [0.05, 0.1) is 19.2 Å². The minimum atomic E-state index is -4.89. The van der Waals surface area contributed by atoms with Crippen LogP contribution in [0.15, 0.2) is 58.1 Å². The van der Waals surface area contributed by atoms with Crippen LogP contribution in [0.5, 0.6) is 17.5 Å². The second kappa shape index (κ2) is 12.4. The van der Waals surface area contributed by atoms with Crippen LogP contribution in [-0.2, 0) is 24.9 Å². The number of ether oxygens (including phenoxy) is 3. The van der Waals surface area contributed by atoms with Crippen molar-refractivity contribution >= 4 is 22.8 Å². The molecular weight excluding hydrogens is 567 g/mol. The third kappa shape index (κ3) is 7.29. The maximum Gasteiger partial charge on any atom is 0.573 e. The van der Waals surface area contributed by atoms with E-state index < -0.39 is 29.5 Å². The summed E-state index contributed by atoms with van der Waals surface area (Å²) in [6, 6.07) is 11.7. The summed E-state index contributed by atoms with van der Waals surface area (Å²) in [7, 11) is 5.19. The smallest absolute Gasteiger partial charge is 0.425 e. The zero-order valence-corrected chi connectivity index (χ0v) is 23.6. The molecule has 0 saturated carbocycles. The standard InChI is InChI=1S/C27H29ClF3N5O5/c1-5-39-21(15-33(2)3)16-36-24(37)22-23(34(4)26(36)38)32-25(35(22)14-17-9-11-18(28)12-10-17)40-19-7-6-8-20(13-19)41-27(29,30)31/h6-13,21H,5,14-16H2,1-4H3. The van der Waals surface area contributed by atoms with Gasteiger partial charge in [-0.2, -0.15) is 4.98 Å². The number of halogens is 4. The van der Waals surface area contributed by atoms with Gasteiger partial charge >= 0.3 is 18.1 Å². The first-order valence-corrected chi connectivity index (χ1v) is 13.0. The van der Waals surface area contributed by atoms with E-state index in [1.165, 1.54) is 28.3 Å². The summed E-state index contributed by atoms with van der Waals surface area (Å²) in [5.41, 5.74) is -0.373. The molecule has 0 spiro atoms. The van der Waals surface area contributed by atoms with Crippen molar-refractivity contribution in [2.45, 2.75) is 32.5 Å². The molecule has 0 aliphatic carbocycles. The predicted octanol–water partition coefficient (Wildman–Crippen LogP) is 4.26. The third-order valence-electron chi connectivity index (χ3n) is 6.06. The molecule has 2 heterocycles. The van der Waals surface area contributed by atoms with Crippen molar-refractivity contribution in [2.75, 3.05) is 27.2 Å². The fraction of sp³-hybridized carbons (Fsp3) is 0.370. The van der Waals surface area contributed by atoms with Crippen LogP contribution in [0.3, 0.4) is 0 Å². The largest absolute Gasteiger partial charge is 0.573 e. The van der Waals surface area contributed by atoms with Crippen molar-refractivity contribution < 1.29 is 27.4 Å². The van der Waals surface area contributed by atoms with E-state index in [0.717, 1.165) is 22.3 Å². The van der Waals surface area contributed by atoms with Crippen LogP contribution in [0.25, 0.3) is 11.2 Å². The first-order chi connectivity index (χ1) is 19.4. The molecule has 1 atom stereocenters. The number of hydrogen-bond donors (Lipinski definition) is 0. The molecule has 0 fully saturated rings. The lowest BCUT2D eigenvalue weighted by Gasteiger charge is -2.22. The van der Waals surface area contributed by atoms with E-state index in [0.29, 0.717) is 18.2 Å². The molecule has 0 N–H and O–H groups in total. The first kappa shape index (κ1) is 30.2. The Kier molecular flexibility index (Phi) is 9.10. The highest BCUT2D eigenvalue weighted by molar-refractivity contribution is 6.30. The second-order valence-electron chi connectivity index (χ2n) is 9.50. The minimum Gasteiger partial charge on any atom is -0.425 e. The molecule has 0 radical (unpaired) electrons. The molecule has 2 aromatic carbocycles. The van der Waals surface area contributed by atoms with E-state index in [2.05, 4.69) is 9.72 Å². The van der Waals surface area contributed by atoms with E-state index in [-0.39, 0.29) is 36.0 Å². The number of fused-ring (bicyclic) bond motifs is 1. The SMILES string of the molecule is CCOC(CN(C)C)Cn1c(=O)c2c(nc(Oc3cccc(OC(F)(F)F)c3)n2Cc2ccc(Cl)cc2)n(C)c1=O. The molecule has 220 valence electrons. The Labute approximate surface area is 238 Å². The Morgan fingerprint density at radius 3 is 2.37 bits per heavy atom. The summed E-state index contributed by atoms with van der Waals surface area (Å²) in [5, 5.41) is 0.509. The zero-order chi connectivity index (χ0) is 29.9. The molecule has 41 heavy (non-hydrogen) atoms. The van der Waals surface area contributed by atoms with Gasteiger partial charge in [-0.25, -0.2) is 4.79 Å². The monoisotopic (exact) mass is 595 g/mol. The minimum absolute atomic E-state index is 0.00733. The van der Waals surface area contributed by atoms with E-state index in [4.69, 9.17) is 21.1 Å². The highest BCUT2D eigenvalue weighted by Gasteiger charge is 2.31. The molecule has 4 rings (SSSR count). The summed E-state index contributed by atoms with van der Waals surface area (Å²) < 4.78 is 57.8. The third-order valence-corrected chi connectivity index (χ3v) is 6.31. The highest BCUT2D eigenvalue weighted by Crippen LogP contribution is 2.30. The molecule has 0 aliphatic rings. The van der Waals surface area contributed by atoms with Crippen molar-refractivity contribution in [2.24, 2.45) is 7.05 Å². The number of benzene rings is 2. The van der Waals surface area contributed by atoms with E-state index in [1.54, 1.807) is 24.3 Å². The summed E-state index contributed by atoms with van der Waals surface area (Å²) in [6.07, 6.45) is -5.34. The zero-order valence-electron chi connectivity index (χ0n) is 22.8. The lowest BCUT2D eigenvalue weighted by atomic mass is 10.2. The Balaban J connectivity index is 1.86. The Hall–Kier alpha value is -3.81. The number of hydrogen-bond acceptors (Lipinski definition) is 7. The van der Waals surface area contributed by atoms with Gasteiger partial charge in [-0.1, -0.05) is 29.8 Å². The molecule has 1 unspecified atom stereocenters. The highest BCUT2D eigenvalue weighted by atomic mass is 35.5. The molecule has 4 aromatic rings. The number of aromatic nitrogens is 4. The van der Waals surface area contributed by atoms with Gasteiger partial charge in [0.25, 0.3) is 5.56 Å². The molecule has 0 bridgehead atoms. The van der Waals surface area contributed by atoms with Crippen LogP contribution in [0, 0.1) is 0 Å². The van der Waals surface area contributed by atoms with Gasteiger partial charge in [0.1, 0.15) is 11.5 Å². The number of rotatable bonds is 11. The fourth-order valence-electron chi connectivity index (χ4n) is 4.36. The number of alkyl halides is 3. The molecule has 10 nitrogen and oxygen atoms in total. The Morgan fingerprint density at radius 1 is 1.05 bits per heavy atom. The summed E-state index contributed by atoms with van der Waals surface area (Å²) in [4.78, 5) is 33.5. The maximum atomic E-state index is 13.9. The first-order valence-electron chi connectivity index (χ1n) is 12.6. The fourth-order valence-corrected chi connectivity index (χ4v) is 4.49. The van der Waals surface area contributed by atoms with Gasteiger partial charge in [0.2, 0.25) is 0 Å². The van der Waals surface area contributed by atoms with Crippen molar-refractivity contribution in [1.29, 1.82) is 0 Å². The van der Waals surface area contributed by atoms with E-state index in [1.807, 2.05) is 25.9 Å². The van der Waals surface area contributed by atoms with Crippen LogP contribution in [0.2, 0.25) is 5.02 Å². The van der Waals surface area contributed by atoms with Gasteiger partial charge < -0.3 is 19.1 Å². The van der Waals surface area contributed by atoms with Crippen LogP contribution in [0.1, 0.15) is 12.5 Å². The van der Waals surface area contributed by atoms with Gasteiger partial charge in [0, 0.05) is 31.3 Å². The average molecular weight is 596 g/mol. The van der Waals surface area contributed by atoms with Crippen LogP contribution in [0.4, 0.5) is 13.2 Å². The van der Waals surface area contributed by atoms with Crippen LogP contribution >= 0.6 is 11.6 Å². The van der Waals surface area contributed by atoms with E-state index in [9.17, 15) is 22.8 Å². The van der Waals surface area contributed by atoms with Gasteiger partial charge in [-0.15, -0.1) is 13.2 Å². The average Bonchev–Trinajstić information content (AvgIpc) is 3.23. The summed E-state index contributed by atoms with van der Waals surface area (Å²) >= 11 is 6.04. The normalized spacial score (nSPS) is 12.7. The lowest BCUT2D eigenvalue weighted by Crippen LogP contribution is -2.44. The van der Waals surface area contributed by atoms with Crippen molar-refractivity contribution in [1.82, 2.24) is 23.6 Å². The molecule has 0 amide bonds. The Bertz CT molecular complexity index is 1630. The van der Waals surface area contributed by atoms with Gasteiger partial charge in [0.15, 0.2) is 11.2 Å². The summed E-state index contributed by atoms with van der Waals surface area (Å²) in [5.74, 6) is -0.514. The molecule has 0 saturated heterocycles. The molecule has 14 heteroatoms. The van der Waals surface area contributed by atoms with E-state index >= 15 is 0 Å². The van der Waals surface area contributed by atoms with Crippen LogP contribution < -0.4 is 20.7 Å². The van der Waals surface area contributed by atoms with Crippen molar-refractivity contribution in [3.8, 4) is 17.5 Å². The van der Waals surface area contributed by atoms with Crippen LogP contribution in [-0.4, -0.2) is 63.3 Å². The van der Waals surface area contributed by atoms with Crippen molar-refractivity contribution in [3.05, 3.63) is 80.0 Å². The number of imidazole rings is 1. The second-order valence-corrected chi connectivity index (χ2v) is 9.94.